The van der Waals surface area contributed by atoms with Gasteiger partial charge in [0.25, 0.3) is 0 Å². The van der Waals surface area contributed by atoms with E-state index in [1.165, 1.54) is 77.2 Å². The molecule has 1 heteroatoms. The number of rotatable bonds is 13. The Morgan fingerprint density at radius 1 is 0.895 bits per heavy atom. The van der Waals surface area contributed by atoms with Gasteiger partial charge in [-0.2, -0.15) is 0 Å². The minimum atomic E-state index is 0.843. The minimum absolute atomic E-state index is 0.843. The maximum absolute atomic E-state index is 3.71. The molecule has 0 bridgehead atoms. The van der Waals surface area contributed by atoms with Crippen molar-refractivity contribution < 1.29 is 0 Å². The van der Waals surface area contributed by atoms with Gasteiger partial charge in [0.1, 0.15) is 0 Å². The molecule has 0 aromatic carbocycles. The molecule has 0 aromatic heterocycles. The predicted octanol–water partition coefficient (Wildman–Crippen LogP) is 5.54. The Labute approximate surface area is 121 Å². The van der Waals surface area contributed by atoms with Crippen molar-refractivity contribution >= 4 is 0 Å². The van der Waals surface area contributed by atoms with Crippen LogP contribution in [0.5, 0.6) is 0 Å². The number of hydrogen-bond acceptors (Lipinski definition) is 1. The third-order valence-electron chi connectivity index (χ3n) is 4.62. The lowest BCUT2D eigenvalue weighted by Crippen LogP contribution is -2.27. The first kappa shape index (κ1) is 17.0. The molecule has 1 aliphatic rings. The molecule has 1 saturated carbocycles. The van der Waals surface area contributed by atoms with Crippen molar-refractivity contribution in [2.75, 3.05) is 6.54 Å². The van der Waals surface area contributed by atoms with Crippen molar-refractivity contribution in [3.8, 4) is 0 Å². The zero-order chi connectivity index (χ0) is 13.9. The van der Waals surface area contributed by atoms with Crippen molar-refractivity contribution in [3.05, 3.63) is 0 Å². The predicted molar refractivity (Wildman–Crippen MR) is 86.6 cm³/mol. The summed E-state index contributed by atoms with van der Waals surface area (Å²) in [6, 6.07) is 0.875. The van der Waals surface area contributed by atoms with Gasteiger partial charge >= 0.3 is 0 Å². The van der Waals surface area contributed by atoms with Crippen molar-refractivity contribution in [1.82, 2.24) is 5.32 Å². The monoisotopic (exact) mass is 267 g/mol. The van der Waals surface area contributed by atoms with Crippen molar-refractivity contribution in [1.29, 1.82) is 0 Å². The highest BCUT2D eigenvalue weighted by atomic mass is 14.9. The van der Waals surface area contributed by atoms with E-state index < -0.39 is 0 Å². The molecule has 0 aliphatic heterocycles. The number of nitrogens with one attached hydrogen (secondary N) is 1. The van der Waals surface area contributed by atoms with E-state index in [2.05, 4.69) is 26.1 Å². The van der Waals surface area contributed by atoms with Gasteiger partial charge < -0.3 is 5.32 Å². The average Bonchev–Trinajstić information content (AvgIpc) is 3.19. The van der Waals surface area contributed by atoms with Crippen LogP contribution in [0.4, 0.5) is 0 Å². The molecular formula is C18H37N. The Kier molecular flexibility index (Phi) is 9.59. The fourth-order valence-electron chi connectivity index (χ4n) is 2.82. The van der Waals surface area contributed by atoms with Gasteiger partial charge in [0, 0.05) is 6.04 Å². The van der Waals surface area contributed by atoms with E-state index in [9.17, 15) is 0 Å². The van der Waals surface area contributed by atoms with Crippen LogP contribution < -0.4 is 5.32 Å². The maximum Gasteiger partial charge on any atom is 0.00683 e. The SMILES string of the molecule is CCCCCCCCCCC(CNC1CC1)C(C)C. The molecule has 1 atom stereocenters. The second kappa shape index (κ2) is 10.7. The lowest BCUT2D eigenvalue weighted by Gasteiger charge is -2.21. The lowest BCUT2D eigenvalue weighted by molar-refractivity contribution is 0.327. The van der Waals surface area contributed by atoms with E-state index in [1.54, 1.807) is 0 Å². The summed E-state index contributed by atoms with van der Waals surface area (Å²) in [4.78, 5) is 0. The highest BCUT2D eigenvalue weighted by Crippen LogP contribution is 2.23. The second-order valence-electron chi connectivity index (χ2n) is 6.95. The summed E-state index contributed by atoms with van der Waals surface area (Å²) < 4.78 is 0. The van der Waals surface area contributed by atoms with Crippen LogP contribution >= 0.6 is 0 Å². The van der Waals surface area contributed by atoms with Gasteiger partial charge in [-0.1, -0.05) is 72.1 Å². The fourth-order valence-corrected chi connectivity index (χ4v) is 2.82. The molecule has 0 amide bonds. The number of unbranched alkanes of at least 4 members (excludes halogenated alkanes) is 7. The standard InChI is InChI=1S/C18H37N/c1-4-5-6-7-8-9-10-11-12-17(16(2)3)15-19-18-13-14-18/h16-19H,4-15H2,1-3H3. The number of hydrogen-bond donors (Lipinski definition) is 1. The molecular weight excluding hydrogens is 230 g/mol. The van der Waals surface area contributed by atoms with Crippen molar-refractivity contribution in [3.63, 3.8) is 0 Å². The van der Waals surface area contributed by atoms with Crippen molar-refractivity contribution in [2.24, 2.45) is 11.8 Å². The lowest BCUT2D eigenvalue weighted by atomic mass is 9.90. The summed E-state index contributed by atoms with van der Waals surface area (Å²) in [5.41, 5.74) is 0. The van der Waals surface area contributed by atoms with E-state index in [1.807, 2.05) is 0 Å². The molecule has 1 aliphatic carbocycles. The van der Waals surface area contributed by atoms with Crippen molar-refractivity contribution in [2.45, 2.75) is 97.4 Å². The van der Waals surface area contributed by atoms with E-state index in [0.717, 1.165) is 17.9 Å². The fraction of sp³-hybridized carbons (Fsp3) is 1.00. The average molecular weight is 268 g/mol. The summed E-state index contributed by atoms with van der Waals surface area (Å²) in [6.07, 6.45) is 15.8. The zero-order valence-corrected chi connectivity index (χ0v) is 13.7. The molecule has 0 aromatic rings. The van der Waals surface area contributed by atoms with Crippen LogP contribution in [0.2, 0.25) is 0 Å². The Morgan fingerprint density at radius 2 is 1.47 bits per heavy atom. The largest absolute Gasteiger partial charge is 0.314 e. The van der Waals surface area contributed by atoms with Crippen LogP contribution in [0.15, 0.2) is 0 Å². The molecule has 0 radical (unpaired) electrons. The van der Waals surface area contributed by atoms with Gasteiger partial charge in [-0.15, -0.1) is 0 Å². The van der Waals surface area contributed by atoms with Gasteiger partial charge in [0.15, 0.2) is 0 Å². The summed E-state index contributed by atoms with van der Waals surface area (Å²) in [5.74, 6) is 1.75. The van der Waals surface area contributed by atoms with Gasteiger partial charge in [-0.25, -0.2) is 0 Å². The van der Waals surface area contributed by atoms with Crippen LogP contribution in [0.3, 0.4) is 0 Å². The van der Waals surface area contributed by atoms with Gasteiger partial charge in [-0.3, -0.25) is 0 Å². The molecule has 1 unspecified atom stereocenters. The van der Waals surface area contributed by atoms with Crippen LogP contribution in [0.25, 0.3) is 0 Å². The highest BCUT2D eigenvalue weighted by Gasteiger charge is 2.22. The smallest absolute Gasteiger partial charge is 0.00683 e. The quantitative estimate of drug-likeness (QED) is 0.432. The molecule has 0 heterocycles. The zero-order valence-electron chi connectivity index (χ0n) is 13.7. The van der Waals surface area contributed by atoms with E-state index >= 15 is 0 Å². The molecule has 0 saturated heterocycles. The van der Waals surface area contributed by atoms with Crippen LogP contribution in [-0.2, 0) is 0 Å². The van der Waals surface area contributed by atoms with Gasteiger partial charge in [0.2, 0.25) is 0 Å². The summed E-state index contributed by atoms with van der Waals surface area (Å²) in [6.45, 7) is 8.34. The molecule has 0 spiro atoms. The Morgan fingerprint density at radius 3 is 2.00 bits per heavy atom. The summed E-state index contributed by atoms with van der Waals surface area (Å²) >= 11 is 0. The Hall–Kier alpha value is -0.0400. The summed E-state index contributed by atoms with van der Waals surface area (Å²) in [7, 11) is 0. The van der Waals surface area contributed by atoms with Crippen LogP contribution in [0.1, 0.15) is 91.4 Å². The first-order chi connectivity index (χ1) is 9.24. The molecule has 1 nitrogen and oxygen atoms in total. The molecule has 1 rings (SSSR count). The molecule has 1 fully saturated rings. The van der Waals surface area contributed by atoms with Gasteiger partial charge in [0.05, 0.1) is 0 Å². The summed E-state index contributed by atoms with van der Waals surface area (Å²) in [5, 5.41) is 3.71. The Balaban J connectivity index is 1.91. The minimum Gasteiger partial charge on any atom is -0.314 e. The highest BCUT2D eigenvalue weighted by molar-refractivity contribution is 4.82. The van der Waals surface area contributed by atoms with E-state index in [0.29, 0.717) is 0 Å². The van der Waals surface area contributed by atoms with Crippen LogP contribution in [-0.4, -0.2) is 12.6 Å². The molecule has 114 valence electrons. The molecule has 1 N–H and O–H groups in total. The first-order valence-corrected chi connectivity index (χ1v) is 8.97. The third kappa shape index (κ3) is 9.49. The maximum atomic E-state index is 3.71. The van der Waals surface area contributed by atoms with E-state index in [4.69, 9.17) is 0 Å². The van der Waals surface area contributed by atoms with E-state index in [-0.39, 0.29) is 0 Å². The first-order valence-electron chi connectivity index (χ1n) is 8.97. The third-order valence-corrected chi connectivity index (χ3v) is 4.62. The van der Waals surface area contributed by atoms with Crippen LogP contribution in [0, 0.1) is 11.8 Å². The molecule has 19 heavy (non-hydrogen) atoms. The second-order valence-corrected chi connectivity index (χ2v) is 6.95. The Bertz CT molecular complexity index is 196. The topological polar surface area (TPSA) is 12.0 Å². The normalized spacial score (nSPS) is 17.1. The van der Waals surface area contributed by atoms with Gasteiger partial charge in [-0.05, 0) is 37.6 Å².